The van der Waals surface area contributed by atoms with Crippen molar-refractivity contribution in [3.05, 3.63) is 29.3 Å². The van der Waals surface area contributed by atoms with Crippen molar-refractivity contribution < 1.29 is 14.5 Å². The lowest BCUT2D eigenvalue weighted by atomic mass is 10.0. The zero-order valence-corrected chi connectivity index (χ0v) is 15.7. The quantitative estimate of drug-likeness (QED) is 0.632. The second kappa shape index (κ2) is 10.3. The third-order valence-corrected chi connectivity index (χ3v) is 3.99. The van der Waals surface area contributed by atoms with Gasteiger partial charge in [-0.3, -0.25) is 9.59 Å². The minimum Gasteiger partial charge on any atom is -0.349 e. The van der Waals surface area contributed by atoms with Crippen molar-refractivity contribution in [2.75, 3.05) is 25.5 Å². The fourth-order valence-electron chi connectivity index (χ4n) is 2.35. The van der Waals surface area contributed by atoms with E-state index in [1.807, 2.05) is 20.0 Å². The molecule has 0 saturated carbocycles. The highest BCUT2D eigenvalue weighted by Gasteiger charge is 2.16. The van der Waals surface area contributed by atoms with Gasteiger partial charge in [0.15, 0.2) is 13.1 Å². The molecule has 1 aromatic rings. The number of nitrogens with one attached hydrogen (secondary N) is 3. The molecule has 0 fully saturated rings. The SMILES string of the molecule is CC(C)CC[C@H](C)NC(=O)C[NH+](C)CC(=O)Nc1ccccc1Cl. The van der Waals surface area contributed by atoms with Gasteiger partial charge in [0, 0.05) is 6.04 Å². The summed E-state index contributed by atoms with van der Waals surface area (Å²) in [6.07, 6.45) is 2.06. The number of carbonyl (C=O) groups is 2. The Morgan fingerprint density at radius 1 is 1.08 bits per heavy atom. The van der Waals surface area contributed by atoms with Crippen LogP contribution in [-0.2, 0) is 9.59 Å². The lowest BCUT2D eigenvalue weighted by Gasteiger charge is -2.17. The zero-order valence-electron chi connectivity index (χ0n) is 15.0. The van der Waals surface area contributed by atoms with E-state index < -0.39 is 0 Å². The van der Waals surface area contributed by atoms with Gasteiger partial charge in [-0.1, -0.05) is 37.6 Å². The molecule has 0 aliphatic heterocycles. The summed E-state index contributed by atoms with van der Waals surface area (Å²) in [4.78, 5) is 24.9. The normalized spacial score (nSPS) is 13.4. The van der Waals surface area contributed by atoms with Gasteiger partial charge in [0.25, 0.3) is 11.8 Å². The van der Waals surface area contributed by atoms with E-state index >= 15 is 0 Å². The van der Waals surface area contributed by atoms with Crippen LogP contribution >= 0.6 is 11.6 Å². The number of amides is 2. The molecule has 24 heavy (non-hydrogen) atoms. The molecule has 0 bridgehead atoms. The third kappa shape index (κ3) is 8.31. The molecule has 1 rings (SSSR count). The Balaban J connectivity index is 2.34. The first-order valence-corrected chi connectivity index (χ1v) is 8.80. The number of halogens is 1. The van der Waals surface area contributed by atoms with Crippen molar-refractivity contribution in [2.24, 2.45) is 5.92 Å². The number of hydrogen-bond acceptors (Lipinski definition) is 2. The molecule has 2 atom stereocenters. The predicted molar refractivity (Wildman–Crippen MR) is 98.4 cm³/mol. The average Bonchev–Trinajstić information content (AvgIpc) is 2.47. The number of quaternary nitrogens is 1. The van der Waals surface area contributed by atoms with Crippen LogP contribution in [0.2, 0.25) is 5.02 Å². The van der Waals surface area contributed by atoms with Gasteiger partial charge in [-0.15, -0.1) is 0 Å². The van der Waals surface area contributed by atoms with Gasteiger partial charge < -0.3 is 15.5 Å². The molecule has 3 N–H and O–H groups in total. The second-order valence-corrected chi connectivity index (χ2v) is 7.19. The monoisotopic (exact) mass is 354 g/mol. The molecule has 0 spiro atoms. The van der Waals surface area contributed by atoms with Gasteiger partial charge in [0.05, 0.1) is 17.8 Å². The first kappa shape index (κ1) is 20.5. The van der Waals surface area contributed by atoms with Crippen molar-refractivity contribution in [3.63, 3.8) is 0 Å². The molecule has 1 unspecified atom stereocenters. The van der Waals surface area contributed by atoms with Gasteiger partial charge in [-0.05, 0) is 37.8 Å². The smallest absolute Gasteiger partial charge is 0.279 e. The molecule has 6 heteroatoms. The van der Waals surface area contributed by atoms with Gasteiger partial charge in [-0.2, -0.15) is 0 Å². The van der Waals surface area contributed by atoms with E-state index in [0.717, 1.165) is 17.7 Å². The largest absolute Gasteiger partial charge is 0.349 e. The lowest BCUT2D eigenvalue weighted by molar-refractivity contribution is -0.862. The minimum absolute atomic E-state index is 0.0331. The Hall–Kier alpha value is -1.59. The van der Waals surface area contributed by atoms with Crippen LogP contribution in [0.4, 0.5) is 5.69 Å². The summed E-state index contributed by atoms with van der Waals surface area (Å²) in [5.41, 5.74) is 0.587. The summed E-state index contributed by atoms with van der Waals surface area (Å²) in [6, 6.07) is 7.24. The number of para-hydroxylation sites is 1. The number of anilines is 1. The van der Waals surface area contributed by atoms with E-state index in [2.05, 4.69) is 24.5 Å². The topological polar surface area (TPSA) is 62.6 Å². The van der Waals surface area contributed by atoms with Crippen LogP contribution in [0.1, 0.15) is 33.6 Å². The van der Waals surface area contributed by atoms with Crippen molar-refractivity contribution in [3.8, 4) is 0 Å². The van der Waals surface area contributed by atoms with Crippen LogP contribution in [0, 0.1) is 5.92 Å². The molecule has 0 aliphatic rings. The first-order valence-electron chi connectivity index (χ1n) is 8.43. The highest BCUT2D eigenvalue weighted by atomic mass is 35.5. The molecule has 5 nitrogen and oxygen atoms in total. The van der Waals surface area contributed by atoms with Crippen molar-refractivity contribution in [1.29, 1.82) is 0 Å². The Morgan fingerprint density at radius 3 is 2.33 bits per heavy atom. The van der Waals surface area contributed by atoms with Crippen LogP contribution in [0.3, 0.4) is 0 Å². The highest BCUT2D eigenvalue weighted by Crippen LogP contribution is 2.19. The Morgan fingerprint density at radius 2 is 1.71 bits per heavy atom. The summed E-state index contributed by atoms with van der Waals surface area (Å²) in [7, 11) is 1.82. The standard InChI is InChI=1S/C18H28ClN3O2/c1-13(2)9-10-14(3)20-17(23)11-22(4)12-18(24)21-16-8-6-5-7-15(16)19/h5-8,13-14H,9-12H2,1-4H3,(H,20,23)(H,21,24)/p+1/t14-/m0/s1. The Labute approximate surface area is 149 Å². The maximum atomic E-state index is 12.0. The zero-order chi connectivity index (χ0) is 18.1. The van der Waals surface area contributed by atoms with Crippen LogP contribution in [0.15, 0.2) is 24.3 Å². The van der Waals surface area contributed by atoms with E-state index in [4.69, 9.17) is 11.6 Å². The Kier molecular flexibility index (Phi) is 8.79. The van der Waals surface area contributed by atoms with Gasteiger partial charge >= 0.3 is 0 Å². The third-order valence-electron chi connectivity index (χ3n) is 3.66. The highest BCUT2D eigenvalue weighted by molar-refractivity contribution is 6.33. The molecular formula is C18H29ClN3O2+. The van der Waals surface area contributed by atoms with Crippen LogP contribution in [-0.4, -0.2) is 38.0 Å². The fraction of sp³-hybridized carbons (Fsp3) is 0.556. The number of rotatable bonds is 9. The minimum atomic E-state index is -0.166. The van der Waals surface area contributed by atoms with E-state index in [9.17, 15) is 9.59 Å². The summed E-state index contributed by atoms with van der Waals surface area (Å²) >= 11 is 6.01. The van der Waals surface area contributed by atoms with Crippen molar-refractivity contribution >= 4 is 29.1 Å². The van der Waals surface area contributed by atoms with Crippen molar-refractivity contribution in [2.45, 2.75) is 39.7 Å². The van der Waals surface area contributed by atoms with Crippen LogP contribution in [0.5, 0.6) is 0 Å². The molecule has 0 aliphatic carbocycles. The van der Waals surface area contributed by atoms with E-state index in [-0.39, 0.29) is 30.9 Å². The molecule has 0 radical (unpaired) electrons. The van der Waals surface area contributed by atoms with Gasteiger partial charge in [0.1, 0.15) is 0 Å². The molecule has 1 aromatic carbocycles. The second-order valence-electron chi connectivity index (χ2n) is 6.78. The summed E-state index contributed by atoms with van der Waals surface area (Å²) in [5.74, 6) is 0.432. The average molecular weight is 355 g/mol. The van der Waals surface area contributed by atoms with Crippen molar-refractivity contribution in [1.82, 2.24) is 5.32 Å². The maximum absolute atomic E-state index is 12.0. The molecule has 0 aromatic heterocycles. The number of carbonyl (C=O) groups excluding carboxylic acids is 2. The molecule has 134 valence electrons. The summed E-state index contributed by atoms with van der Waals surface area (Å²) in [5, 5.41) is 6.25. The molecule has 2 amide bonds. The summed E-state index contributed by atoms with van der Waals surface area (Å²) < 4.78 is 0. The molecule has 0 saturated heterocycles. The lowest BCUT2D eigenvalue weighted by Crippen LogP contribution is -3.11. The fourth-order valence-corrected chi connectivity index (χ4v) is 2.53. The molecule has 0 heterocycles. The van der Waals surface area contributed by atoms with Gasteiger partial charge in [-0.25, -0.2) is 0 Å². The van der Waals surface area contributed by atoms with E-state index in [1.54, 1.807) is 18.2 Å². The number of benzene rings is 1. The number of hydrogen-bond donors (Lipinski definition) is 3. The van der Waals surface area contributed by atoms with E-state index in [0.29, 0.717) is 16.6 Å². The van der Waals surface area contributed by atoms with Crippen LogP contribution in [0.25, 0.3) is 0 Å². The van der Waals surface area contributed by atoms with Gasteiger partial charge in [0.2, 0.25) is 0 Å². The first-order chi connectivity index (χ1) is 11.3. The maximum Gasteiger partial charge on any atom is 0.279 e. The predicted octanol–water partition coefficient (Wildman–Crippen LogP) is 1.73. The van der Waals surface area contributed by atoms with E-state index in [1.165, 1.54) is 0 Å². The summed E-state index contributed by atoms with van der Waals surface area (Å²) in [6.45, 7) is 6.83. The number of likely N-dealkylation sites (N-methyl/N-ethyl adjacent to an activating group) is 1. The Bertz CT molecular complexity index is 549. The van der Waals surface area contributed by atoms with Crippen LogP contribution < -0.4 is 15.5 Å². The molecular weight excluding hydrogens is 326 g/mol.